The maximum atomic E-state index is 12.1. The third-order valence-electron chi connectivity index (χ3n) is 2.90. The van der Waals surface area contributed by atoms with Crippen molar-refractivity contribution in [1.82, 2.24) is 4.72 Å². The van der Waals surface area contributed by atoms with E-state index in [0.717, 1.165) is 11.3 Å². The van der Waals surface area contributed by atoms with Gasteiger partial charge < -0.3 is 9.84 Å². The second kappa shape index (κ2) is 7.70. The van der Waals surface area contributed by atoms with Crippen LogP contribution in [0, 0.1) is 11.8 Å². The largest absolute Gasteiger partial charge is 0.481 e. The van der Waals surface area contributed by atoms with Crippen LogP contribution >= 0.6 is 11.3 Å². The lowest BCUT2D eigenvalue weighted by Crippen LogP contribution is -2.33. The molecule has 0 aliphatic carbocycles. The van der Waals surface area contributed by atoms with Gasteiger partial charge in [-0.25, -0.2) is 17.9 Å². The number of carbonyl (C=O) groups is 2. The van der Waals surface area contributed by atoms with Crippen molar-refractivity contribution in [3.05, 3.63) is 16.3 Å². The zero-order chi connectivity index (χ0) is 16.9. The molecule has 0 fully saturated rings. The van der Waals surface area contributed by atoms with Gasteiger partial charge in [-0.1, -0.05) is 13.8 Å². The quantitative estimate of drug-likeness (QED) is 0.689. The molecule has 0 amide bonds. The lowest BCUT2D eigenvalue weighted by molar-refractivity contribution is -0.142. The van der Waals surface area contributed by atoms with Gasteiger partial charge in [0.1, 0.15) is 4.88 Å². The summed E-state index contributed by atoms with van der Waals surface area (Å²) in [6.45, 7) is 3.54. The summed E-state index contributed by atoms with van der Waals surface area (Å²) in [5.41, 5.74) is 0. The first-order valence-electron chi connectivity index (χ1n) is 6.56. The van der Waals surface area contributed by atoms with E-state index in [9.17, 15) is 18.0 Å². The Hall–Kier alpha value is -1.45. The number of nitrogens with one attached hydrogen (secondary N) is 1. The van der Waals surface area contributed by atoms with Crippen molar-refractivity contribution < 1.29 is 27.9 Å². The van der Waals surface area contributed by atoms with Crippen LogP contribution in [0.15, 0.2) is 16.3 Å². The third-order valence-corrected chi connectivity index (χ3v) is 5.36. The van der Waals surface area contributed by atoms with Crippen molar-refractivity contribution in [3.8, 4) is 0 Å². The van der Waals surface area contributed by atoms with Gasteiger partial charge in [0.15, 0.2) is 0 Å². The number of thiophene rings is 1. The number of rotatable bonds is 8. The highest BCUT2D eigenvalue weighted by atomic mass is 32.2. The number of carboxylic acids is 1. The van der Waals surface area contributed by atoms with Gasteiger partial charge in [0.2, 0.25) is 10.0 Å². The van der Waals surface area contributed by atoms with E-state index in [2.05, 4.69) is 9.46 Å². The maximum absolute atomic E-state index is 12.1. The molecule has 2 N–H and O–H groups in total. The van der Waals surface area contributed by atoms with E-state index in [-0.39, 0.29) is 22.2 Å². The molecule has 124 valence electrons. The minimum absolute atomic E-state index is 0.0772. The van der Waals surface area contributed by atoms with Gasteiger partial charge in [0.05, 0.1) is 17.9 Å². The summed E-state index contributed by atoms with van der Waals surface area (Å²) < 4.78 is 31.0. The van der Waals surface area contributed by atoms with E-state index in [4.69, 9.17) is 5.11 Å². The number of hydrogen-bond donors (Lipinski definition) is 2. The molecule has 7 nitrogen and oxygen atoms in total. The van der Waals surface area contributed by atoms with Gasteiger partial charge in [-0.05, 0) is 18.4 Å². The van der Waals surface area contributed by atoms with Gasteiger partial charge in [-0.15, -0.1) is 11.3 Å². The van der Waals surface area contributed by atoms with Crippen LogP contribution in [0.3, 0.4) is 0 Å². The first-order valence-corrected chi connectivity index (χ1v) is 8.93. The Balaban J connectivity index is 2.80. The van der Waals surface area contributed by atoms with Crippen LogP contribution in [-0.2, 0) is 19.6 Å². The lowest BCUT2D eigenvalue weighted by atomic mass is 9.98. The topological polar surface area (TPSA) is 110 Å². The zero-order valence-corrected chi connectivity index (χ0v) is 14.2. The highest BCUT2D eigenvalue weighted by Crippen LogP contribution is 2.20. The van der Waals surface area contributed by atoms with Crippen LogP contribution in [0.2, 0.25) is 0 Å². The van der Waals surface area contributed by atoms with E-state index in [0.29, 0.717) is 6.42 Å². The van der Waals surface area contributed by atoms with Gasteiger partial charge in [-0.2, -0.15) is 0 Å². The first kappa shape index (κ1) is 18.6. The monoisotopic (exact) mass is 349 g/mol. The van der Waals surface area contributed by atoms with Crippen LogP contribution in [0.4, 0.5) is 0 Å². The van der Waals surface area contributed by atoms with E-state index in [1.807, 2.05) is 13.8 Å². The number of esters is 1. The number of hydrogen-bond acceptors (Lipinski definition) is 6. The number of carboxylic acid groups (broad SMARTS) is 1. The molecule has 1 rings (SSSR count). The van der Waals surface area contributed by atoms with Crippen molar-refractivity contribution in [2.24, 2.45) is 11.8 Å². The highest BCUT2D eigenvalue weighted by Gasteiger charge is 2.24. The van der Waals surface area contributed by atoms with Gasteiger partial charge in [0.25, 0.3) is 0 Å². The molecule has 0 aliphatic heterocycles. The molecule has 1 atom stereocenters. The summed E-state index contributed by atoms with van der Waals surface area (Å²) >= 11 is 0.950. The summed E-state index contributed by atoms with van der Waals surface area (Å²) in [5.74, 6) is -2.32. The fourth-order valence-corrected chi connectivity index (χ4v) is 4.07. The highest BCUT2D eigenvalue weighted by molar-refractivity contribution is 7.89. The molecule has 0 spiro atoms. The van der Waals surface area contributed by atoms with Crippen molar-refractivity contribution >= 4 is 33.3 Å². The minimum atomic E-state index is -3.86. The van der Waals surface area contributed by atoms with Crippen molar-refractivity contribution in [3.63, 3.8) is 0 Å². The fraction of sp³-hybridized carbons (Fsp3) is 0.538. The van der Waals surface area contributed by atoms with E-state index in [1.54, 1.807) is 0 Å². The summed E-state index contributed by atoms with van der Waals surface area (Å²) in [6, 6.07) is 1.21. The summed E-state index contributed by atoms with van der Waals surface area (Å²) in [6.07, 6.45) is 0.370. The van der Waals surface area contributed by atoms with Crippen LogP contribution in [0.1, 0.15) is 29.9 Å². The Morgan fingerprint density at radius 1 is 1.41 bits per heavy atom. The lowest BCUT2D eigenvalue weighted by Gasteiger charge is -2.15. The minimum Gasteiger partial charge on any atom is -0.481 e. The smallest absolute Gasteiger partial charge is 0.348 e. The molecule has 1 unspecified atom stereocenters. The molecule has 1 heterocycles. The molecule has 0 radical (unpaired) electrons. The Labute approximate surface area is 133 Å². The number of ether oxygens (including phenoxy) is 1. The van der Waals surface area contributed by atoms with E-state index < -0.39 is 27.9 Å². The van der Waals surface area contributed by atoms with Crippen LogP contribution in [-0.4, -0.2) is 39.1 Å². The van der Waals surface area contributed by atoms with Crippen molar-refractivity contribution in [1.29, 1.82) is 0 Å². The summed E-state index contributed by atoms with van der Waals surface area (Å²) in [7, 11) is -2.65. The molecule has 0 saturated carbocycles. The van der Waals surface area contributed by atoms with Crippen LogP contribution in [0.25, 0.3) is 0 Å². The molecule has 0 bridgehead atoms. The molecule has 1 aromatic heterocycles. The van der Waals surface area contributed by atoms with Gasteiger partial charge in [-0.3, -0.25) is 4.79 Å². The average Bonchev–Trinajstić information content (AvgIpc) is 2.92. The van der Waals surface area contributed by atoms with E-state index >= 15 is 0 Å². The molecule has 22 heavy (non-hydrogen) atoms. The first-order chi connectivity index (χ1) is 10.2. The molecule has 0 aliphatic rings. The van der Waals surface area contributed by atoms with E-state index in [1.165, 1.54) is 18.6 Å². The average molecular weight is 349 g/mol. The normalized spacial score (nSPS) is 13.1. The Kier molecular flexibility index (Phi) is 6.51. The number of aliphatic carboxylic acids is 1. The summed E-state index contributed by atoms with van der Waals surface area (Å²) in [4.78, 5) is 22.5. The third kappa shape index (κ3) is 5.08. The predicted octanol–water partition coefficient (Wildman–Crippen LogP) is 1.56. The second-order valence-electron chi connectivity index (χ2n) is 5.15. The van der Waals surface area contributed by atoms with Crippen LogP contribution < -0.4 is 4.72 Å². The Bertz CT molecular complexity index is 635. The number of carbonyl (C=O) groups excluding carboxylic acids is 1. The molecular weight excluding hydrogens is 330 g/mol. The molecule has 0 aromatic carbocycles. The molecule has 9 heteroatoms. The second-order valence-corrected chi connectivity index (χ2v) is 7.83. The Morgan fingerprint density at radius 3 is 2.55 bits per heavy atom. The standard InChI is InChI=1S/C13H19NO6S2/c1-8(2)4-9(12(15)16)6-14-22(18,19)10-5-11(21-7-10)13(17)20-3/h5,7-9,14H,4,6H2,1-3H3,(H,15,16). The van der Waals surface area contributed by atoms with Gasteiger partial charge >= 0.3 is 11.9 Å². The summed E-state index contributed by atoms with van der Waals surface area (Å²) in [5, 5.41) is 10.4. The number of sulfonamides is 1. The molecular formula is C13H19NO6S2. The molecule has 0 saturated heterocycles. The number of methoxy groups -OCH3 is 1. The SMILES string of the molecule is COC(=O)c1cc(S(=O)(=O)NCC(CC(C)C)C(=O)O)cs1. The van der Waals surface area contributed by atoms with Gasteiger partial charge in [0, 0.05) is 11.9 Å². The maximum Gasteiger partial charge on any atom is 0.348 e. The fourth-order valence-electron chi connectivity index (χ4n) is 1.80. The predicted molar refractivity (Wildman–Crippen MR) is 81.4 cm³/mol. The zero-order valence-electron chi connectivity index (χ0n) is 12.5. The Morgan fingerprint density at radius 2 is 2.05 bits per heavy atom. The van der Waals surface area contributed by atoms with Crippen molar-refractivity contribution in [2.75, 3.05) is 13.7 Å². The van der Waals surface area contributed by atoms with Crippen LogP contribution in [0.5, 0.6) is 0 Å². The van der Waals surface area contributed by atoms with Crippen molar-refractivity contribution in [2.45, 2.75) is 25.2 Å². The molecule has 1 aromatic rings.